The molecular formula is C21H18F3NO4. The number of aromatic nitrogens is 1. The average molecular weight is 405 g/mol. The third kappa shape index (κ3) is 3.35. The van der Waals surface area contributed by atoms with E-state index in [9.17, 15) is 33.0 Å². The van der Waals surface area contributed by atoms with Gasteiger partial charge in [0.2, 0.25) is 0 Å². The number of phenolic OH excluding ortho intramolecular Hbond substituents is 1. The molecule has 29 heavy (non-hydrogen) atoms. The first-order valence-electron chi connectivity index (χ1n) is 8.93. The molecule has 1 atom stereocenters. The Kier molecular flexibility index (Phi) is 5.37. The predicted molar refractivity (Wildman–Crippen MR) is 99.7 cm³/mol. The number of benzene rings is 2. The molecule has 0 aliphatic rings. The molecule has 0 aliphatic carbocycles. The predicted octanol–water partition coefficient (Wildman–Crippen LogP) is 4.73. The van der Waals surface area contributed by atoms with Crippen LogP contribution >= 0.6 is 0 Å². The number of hydrogen-bond donors (Lipinski definition) is 2. The summed E-state index contributed by atoms with van der Waals surface area (Å²) in [5.74, 6) is -7.76. The van der Waals surface area contributed by atoms with E-state index >= 15 is 0 Å². The van der Waals surface area contributed by atoms with E-state index in [0.29, 0.717) is 6.42 Å². The van der Waals surface area contributed by atoms with Crippen LogP contribution in [0.25, 0.3) is 10.9 Å². The van der Waals surface area contributed by atoms with Crippen LogP contribution in [0.2, 0.25) is 0 Å². The van der Waals surface area contributed by atoms with Gasteiger partial charge in [-0.25, -0.2) is 13.2 Å². The summed E-state index contributed by atoms with van der Waals surface area (Å²) >= 11 is 0. The van der Waals surface area contributed by atoms with Gasteiger partial charge in [0.25, 0.3) is 5.91 Å². The van der Waals surface area contributed by atoms with Gasteiger partial charge in [0.1, 0.15) is 5.82 Å². The van der Waals surface area contributed by atoms with Crippen LogP contribution in [0.1, 0.15) is 47.3 Å². The summed E-state index contributed by atoms with van der Waals surface area (Å²) in [5.41, 5.74) is -0.249. The number of aromatic hydroxyl groups is 1. The van der Waals surface area contributed by atoms with Crippen molar-refractivity contribution in [3.63, 3.8) is 0 Å². The van der Waals surface area contributed by atoms with Gasteiger partial charge in [-0.2, -0.15) is 0 Å². The van der Waals surface area contributed by atoms with Crippen molar-refractivity contribution >= 4 is 22.8 Å². The van der Waals surface area contributed by atoms with Gasteiger partial charge in [-0.05, 0) is 37.1 Å². The van der Waals surface area contributed by atoms with Gasteiger partial charge in [0, 0.05) is 22.7 Å². The van der Waals surface area contributed by atoms with E-state index in [2.05, 4.69) is 0 Å². The third-order valence-corrected chi connectivity index (χ3v) is 4.91. The molecule has 0 radical (unpaired) electrons. The molecule has 0 aliphatic heterocycles. The lowest BCUT2D eigenvalue weighted by Crippen LogP contribution is -2.16. The summed E-state index contributed by atoms with van der Waals surface area (Å²) in [7, 11) is 0. The summed E-state index contributed by atoms with van der Waals surface area (Å²) in [5, 5.41) is 19.0. The number of carbonyl (C=O) groups is 2. The molecule has 0 saturated carbocycles. The Hall–Kier alpha value is -3.29. The van der Waals surface area contributed by atoms with E-state index < -0.39 is 41.0 Å². The van der Waals surface area contributed by atoms with E-state index in [-0.39, 0.29) is 34.1 Å². The van der Waals surface area contributed by atoms with Crippen LogP contribution in [-0.4, -0.2) is 26.7 Å². The number of aliphatic carboxylic acids is 1. The van der Waals surface area contributed by atoms with Crippen LogP contribution in [0.5, 0.6) is 5.75 Å². The van der Waals surface area contributed by atoms with Crippen molar-refractivity contribution in [2.45, 2.75) is 32.6 Å². The van der Waals surface area contributed by atoms with Crippen molar-refractivity contribution in [3.8, 4) is 5.75 Å². The first kappa shape index (κ1) is 20.4. The van der Waals surface area contributed by atoms with E-state index in [0.717, 1.165) is 22.8 Å². The Balaban J connectivity index is 2.41. The third-order valence-electron chi connectivity index (χ3n) is 4.91. The van der Waals surface area contributed by atoms with Crippen molar-refractivity contribution in [2.24, 2.45) is 0 Å². The minimum atomic E-state index is -1.34. The van der Waals surface area contributed by atoms with Gasteiger partial charge in [-0.3, -0.25) is 14.2 Å². The van der Waals surface area contributed by atoms with Crippen LogP contribution in [0.15, 0.2) is 30.3 Å². The molecule has 3 rings (SSSR count). The molecule has 3 aromatic rings. The maximum atomic E-state index is 14.8. The number of carboxylic acids is 1. The number of phenols is 1. The lowest BCUT2D eigenvalue weighted by molar-refractivity contribution is -0.139. The molecule has 0 spiro atoms. The highest BCUT2D eigenvalue weighted by atomic mass is 19.1. The average Bonchev–Trinajstić information content (AvgIpc) is 2.95. The molecule has 1 aromatic heterocycles. The highest BCUT2D eigenvalue weighted by Crippen LogP contribution is 2.40. The van der Waals surface area contributed by atoms with E-state index in [1.807, 2.05) is 0 Å². The number of rotatable bonds is 5. The molecule has 8 heteroatoms. The minimum Gasteiger partial charge on any atom is -0.503 e. The zero-order valence-electron chi connectivity index (χ0n) is 15.7. The fourth-order valence-electron chi connectivity index (χ4n) is 3.63. The highest BCUT2D eigenvalue weighted by molar-refractivity contribution is 6.05. The van der Waals surface area contributed by atoms with Crippen molar-refractivity contribution < 1.29 is 33.0 Å². The second kappa shape index (κ2) is 7.62. The van der Waals surface area contributed by atoms with E-state index in [1.54, 1.807) is 6.92 Å². The lowest BCUT2D eigenvalue weighted by atomic mass is 9.92. The number of fused-ring (bicyclic) bond motifs is 1. The summed E-state index contributed by atoms with van der Waals surface area (Å²) in [6, 6.07) is 5.54. The fourth-order valence-corrected chi connectivity index (χ4v) is 3.63. The number of nitrogens with zero attached hydrogens (tertiary/aromatic N) is 1. The standard InChI is InChI=1S/C21H18F3NO4/c1-3-5-13(21(28)29)16-10(2)25(20(27)11-6-4-7-12(22)8-11)15-9-14(23)19(26)18(24)17(15)16/h4,6-9,13,26H,3,5H2,1-2H3,(H,28,29). The molecule has 0 bridgehead atoms. The normalized spacial score (nSPS) is 12.3. The van der Waals surface area contributed by atoms with Crippen molar-refractivity contribution in [1.29, 1.82) is 0 Å². The van der Waals surface area contributed by atoms with Crippen molar-refractivity contribution in [3.05, 3.63) is 64.6 Å². The van der Waals surface area contributed by atoms with Gasteiger partial charge in [-0.1, -0.05) is 19.4 Å². The van der Waals surface area contributed by atoms with E-state index in [1.165, 1.54) is 19.1 Å². The second-order valence-corrected chi connectivity index (χ2v) is 6.74. The van der Waals surface area contributed by atoms with Gasteiger partial charge >= 0.3 is 5.97 Å². The molecule has 1 heterocycles. The van der Waals surface area contributed by atoms with Crippen LogP contribution in [0.4, 0.5) is 13.2 Å². The molecule has 1 unspecified atom stereocenters. The Morgan fingerprint density at radius 3 is 2.45 bits per heavy atom. The summed E-state index contributed by atoms with van der Waals surface area (Å²) in [4.78, 5) is 24.9. The number of carboxylic acid groups (broad SMARTS) is 1. The first-order chi connectivity index (χ1) is 13.7. The highest BCUT2D eigenvalue weighted by Gasteiger charge is 2.32. The topological polar surface area (TPSA) is 79.5 Å². The van der Waals surface area contributed by atoms with Crippen LogP contribution < -0.4 is 0 Å². The molecule has 2 N–H and O–H groups in total. The Labute approximate surface area is 164 Å². The van der Waals surface area contributed by atoms with Crippen LogP contribution in [0, 0.1) is 24.4 Å². The van der Waals surface area contributed by atoms with Crippen LogP contribution in [-0.2, 0) is 4.79 Å². The van der Waals surface area contributed by atoms with Crippen molar-refractivity contribution in [1.82, 2.24) is 4.57 Å². The van der Waals surface area contributed by atoms with Gasteiger partial charge in [0.05, 0.1) is 11.4 Å². The maximum Gasteiger partial charge on any atom is 0.311 e. The molecule has 0 fully saturated rings. The zero-order valence-corrected chi connectivity index (χ0v) is 15.7. The summed E-state index contributed by atoms with van der Waals surface area (Å²) in [6.07, 6.45) is 0.594. The van der Waals surface area contributed by atoms with E-state index in [4.69, 9.17) is 0 Å². The van der Waals surface area contributed by atoms with Crippen LogP contribution in [0.3, 0.4) is 0 Å². The fraction of sp³-hybridized carbons (Fsp3) is 0.238. The minimum absolute atomic E-state index is 0.0214. The Morgan fingerprint density at radius 1 is 1.17 bits per heavy atom. The molecule has 2 aromatic carbocycles. The largest absolute Gasteiger partial charge is 0.503 e. The lowest BCUT2D eigenvalue weighted by Gasteiger charge is -2.13. The SMILES string of the molecule is CCCC(C(=O)O)c1c(C)n(C(=O)c2cccc(F)c2)c2cc(F)c(O)c(F)c12. The maximum absolute atomic E-state index is 14.8. The first-order valence-corrected chi connectivity index (χ1v) is 8.93. The monoisotopic (exact) mass is 405 g/mol. The van der Waals surface area contributed by atoms with Gasteiger partial charge in [-0.15, -0.1) is 0 Å². The molecule has 5 nitrogen and oxygen atoms in total. The molecule has 0 saturated heterocycles. The summed E-state index contributed by atoms with van der Waals surface area (Å²) < 4.78 is 43.5. The Morgan fingerprint density at radius 2 is 1.86 bits per heavy atom. The Bertz CT molecular complexity index is 1140. The van der Waals surface area contributed by atoms with Gasteiger partial charge < -0.3 is 10.2 Å². The quantitative estimate of drug-likeness (QED) is 0.643. The zero-order chi connectivity index (χ0) is 21.5. The van der Waals surface area contributed by atoms with Gasteiger partial charge in [0.15, 0.2) is 17.4 Å². The molecule has 0 amide bonds. The summed E-state index contributed by atoms with van der Waals surface area (Å²) in [6.45, 7) is 3.16. The smallest absolute Gasteiger partial charge is 0.311 e. The van der Waals surface area contributed by atoms with Crippen molar-refractivity contribution in [2.75, 3.05) is 0 Å². The number of carbonyl (C=O) groups excluding carboxylic acids is 1. The molecule has 152 valence electrons. The molecular weight excluding hydrogens is 387 g/mol. The number of hydrogen-bond acceptors (Lipinski definition) is 3. The number of halogens is 3. The second-order valence-electron chi connectivity index (χ2n) is 6.74.